The third kappa shape index (κ3) is 4.13. The number of rotatable bonds is 4. The van der Waals surface area contributed by atoms with Crippen molar-refractivity contribution in [2.24, 2.45) is 0 Å². The predicted molar refractivity (Wildman–Crippen MR) is 34.9 cm³/mol. The summed E-state index contributed by atoms with van der Waals surface area (Å²) in [6.45, 7) is 2.06. The highest BCUT2D eigenvalue weighted by molar-refractivity contribution is 6.27. The normalized spacial score (nSPS) is 13.2. The van der Waals surface area contributed by atoms with Gasteiger partial charge in [-0.3, -0.25) is 4.79 Å². The summed E-state index contributed by atoms with van der Waals surface area (Å²) in [5.41, 5.74) is 0. The lowest BCUT2D eigenvalue weighted by Gasteiger charge is -1.94. The lowest BCUT2D eigenvalue weighted by Crippen LogP contribution is -1.97. The van der Waals surface area contributed by atoms with Crippen molar-refractivity contribution in [3.05, 3.63) is 0 Å². The number of carbonyl (C=O) groups excluding carboxylic acids is 1. The largest absolute Gasteiger partial charge is 0.289 e. The average Bonchev–Trinajstić information content (AvgIpc) is 1.83. The maximum absolute atomic E-state index is 9.75. The first kappa shape index (κ1) is 7.96. The zero-order chi connectivity index (χ0) is 6.41. The molecule has 0 aliphatic carbocycles. The van der Waals surface area contributed by atoms with E-state index in [2.05, 4.69) is 6.92 Å². The van der Waals surface area contributed by atoms with Crippen LogP contribution in [0.25, 0.3) is 0 Å². The van der Waals surface area contributed by atoms with E-state index in [0.717, 1.165) is 19.3 Å². The molecule has 0 saturated heterocycles. The highest BCUT2D eigenvalue weighted by Gasteiger charge is 1.99. The molecule has 0 amide bonds. The van der Waals surface area contributed by atoms with Crippen LogP contribution in [0.1, 0.15) is 26.2 Å². The molecule has 47 valence electrons. The minimum absolute atomic E-state index is 0.380. The Balaban J connectivity index is 2.98. The van der Waals surface area contributed by atoms with Crippen molar-refractivity contribution in [2.45, 2.75) is 31.6 Å². The highest BCUT2D eigenvalue weighted by atomic mass is 35.5. The second kappa shape index (κ2) is 5.10. The topological polar surface area (TPSA) is 17.1 Å². The van der Waals surface area contributed by atoms with Crippen LogP contribution in [0, 0.1) is 0 Å². The van der Waals surface area contributed by atoms with E-state index in [1.165, 1.54) is 0 Å². The zero-order valence-corrected chi connectivity index (χ0v) is 5.74. The molecule has 1 nitrogen and oxygen atoms in total. The van der Waals surface area contributed by atoms with Crippen LogP contribution in [0.4, 0.5) is 0 Å². The van der Waals surface area contributed by atoms with Gasteiger partial charge in [0.15, 0.2) is 0 Å². The maximum atomic E-state index is 9.75. The van der Waals surface area contributed by atoms with Crippen molar-refractivity contribution >= 4 is 17.9 Å². The minimum atomic E-state index is -0.380. The van der Waals surface area contributed by atoms with Crippen LogP contribution in [0.2, 0.25) is 0 Å². The van der Waals surface area contributed by atoms with Gasteiger partial charge >= 0.3 is 0 Å². The molecule has 0 saturated carbocycles. The fraction of sp³-hybridized carbons (Fsp3) is 0.833. The van der Waals surface area contributed by atoms with E-state index < -0.39 is 0 Å². The minimum Gasteiger partial charge on any atom is -0.289 e. The summed E-state index contributed by atoms with van der Waals surface area (Å²) in [7, 11) is 0. The molecule has 0 spiro atoms. The monoisotopic (exact) mass is 133 g/mol. The van der Waals surface area contributed by atoms with Crippen LogP contribution < -0.4 is 0 Å². The molecule has 0 heterocycles. The second-order valence-corrected chi connectivity index (χ2v) is 2.25. The summed E-state index contributed by atoms with van der Waals surface area (Å²) in [4.78, 5) is 9.75. The van der Waals surface area contributed by atoms with E-state index in [1.54, 1.807) is 6.29 Å². The van der Waals surface area contributed by atoms with Gasteiger partial charge in [-0.05, 0) is 6.42 Å². The van der Waals surface area contributed by atoms with Crippen molar-refractivity contribution in [3.63, 3.8) is 0 Å². The molecule has 0 aliphatic heterocycles. The van der Waals surface area contributed by atoms with Gasteiger partial charge in [0.25, 0.3) is 0 Å². The SMILES string of the molecule is CCCCC(Cl)[C]=O. The van der Waals surface area contributed by atoms with E-state index in [1.807, 2.05) is 0 Å². The average molecular weight is 134 g/mol. The van der Waals surface area contributed by atoms with Gasteiger partial charge in [-0.1, -0.05) is 19.8 Å². The fourth-order valence-corrected chi connectivity index (χ4v) is 0.597. The summed E-state index contributed by atoms with van der Waals surface area (Å²) in [5, 5.41) is -0.380. The van der Waals surface area contributed by atoms with E-state index in [9.17, 15) is 4.79 Å². The van der Waals surface area contributed by atoms with E-state index in [0.29, 0.717) is 0 Å². The Bertz CT molecular complexity index is 63.5. The summed E-state index contributed by atoms with van der Waals surface area (Å²) in [6.07, 6.45) is 4.59. The first-order valence-electron chi connectivity index (χ1n) is 2.83. The molecule has 0 aliphatic rings. The second-order valence-electron chi connectivity index (χ2n) is 1.73. The molecule has 1 atom stereocenters. The number of alkyl halides is 1. The molecule has 0 aromatic carbocycles. The molecule has 0 aromatic rings. The number of hydrogen-bond acceptors (Lipinski definition) is 1. The molecule has 0 aromatic heterocycles. The first-order chi connectivity index (χ1) is 3.81. The van der Waals surface area contributed by atoms with Gasteiger partial charge in [0.2, 0.25) is 6.29 Å². The number of halogens is 1. The van der Waals surface area contributed by atoms with Crippen molar-refractivity contribution in [1.29, 1.82) is 0 Å². The third-order valence-electron chi connectivity index (χ3n) is 0.939. The lowest BCUT2D eigenvalue weighted by atomic mass is 10.2. The van der Waals surface area contributed by atoms with Crippen molar-refractivity contribution in [2.75, 3.05) is 0 Å². The summed E-state index contributed by atoms with van der Waals surface area (Å²) < 4.78 is 0. The van der Waals surface area contributed by atoms with Crippen LogP contribution in [0.15, 0.2) is 0 Å². The highest BCUT2D eigenvalue weighted by Crippen LogP contribution is 2.03. The summed E-state index contributed by atoms with van der Waals surface area (Å²) in [5.74, 6) is 0. The van der Waals surface area contributed by atoms with Crippen molar-refractivity contribution in [3.8, 4) is 0 Å². The van der Waals surface area contributed by atoms with Crippen LogP contribution >= 0.6 is 11.6 Å². The predicted octanol–water partition coefficient (Wildman–Crippen LogP) is 1.89. The molecular formula is C6H10ClO. The number of hydrogen-bond donors (Lipinski definition) is 0. The zero-order valence-electron chi connectivity index (χ0n) is 4.98. The fourth-order valence-electron chi connectivity index (χ4n) is 0.442. The Hall–Kier alpha value is -0.0400. The van der Waals surface area contributed by atoms with E-state index >= 15 is 0 Å². The standard InChI is InChI=1S/C6H10ClO/c1-2-3-4-6(7)5-8/h6H,2-4H2,1H3. The molecule has 0 fully saturated rings. The van der Waals surface area contributed by atoms with E-state index in [-0.39, 0.29) is 5.38 Å². The van der Waals surface area contributed by atoms with Gasteiger partial charge < -0.3 is 0 Å². The summed E-state index contributed by atoms with van der Waals surface area (Å²) >= 11 is 5.42. The third-order valence-corrected chi connectivity index (χ3v) is 1.25. The van der Waals surface area contributed by atoms with Gasteiger partial charge in [0, 0.05) is 0 Å². The smallest absolute Gasteiger partial charge is 0.217 e. The first-order valence-corrected chi connectivity index (χ1v) is 3.26. The molecular weight excluding hydrogens is 124 g/mol. The van der Waals surface area contributed by atoms with Crippen LogP contribution in [0.5, 0.6) is 0 Å². The lowest BCUT2D eigenvalue weighted by molar-refractivity contribution is 0.547. The van der Waals surface area contributed by atoms with Gasteiger partial charge in [-0.15, -0.1) is 11.6 Å². The van der Waals surface area contributed by atoms with Crippen LogP contribution in [-0.2, 0) is 4.79 Å². The van der Waals surface area contributed by atoms with Crippen LogP contribution in [-0.4, -0.2) is 11.7 Å². The quantitative estimate of drug-likeness (QED) is 0.536. The van der Waals surface area contributed by atoms with Crippen molar-refractivity contribution in [1.82, 2.24) is 0 Å². The Labute approximate surface area is 55.0 Å². The molecule has 0 bridgehead atoms. The van der Waals surface area contributed by atoms with E-state index in [4.69, 9.17) is 11.6 Å². The number of unbranched alkanes of at least 4 members (excludes halogenated alkanes) is 1. The van der Waals surface area contributed by atoms with Gasteiger partial charge in [0.05, 0.1) is 5.38 Å². The van der Waals surface area contributed by atoms with Gasteiger partial charge in [-0.25, -0.2) is 0 Å². The van der Waals surface area contributed by atoms with Crippen LogP contribution in [0.3, 0.4) is 0 Å². The molecule has 0 rings (SSSR count). The van der Waals surface area contributed by atoms with Crippen molar-refractivity contribution < 1.29 is 4.79 Å². The molecule has 1 radical (unpaired) electrons. The summed E-state index contributed by atoms with van der Waals surface area (Å²) in [6, 6.07) is 0. The Morgan fingerprint density at radius 2 is 2.38 bits per heavy atom. The molecule has 1 unspecified atom stereocenters. The molecule has 8 heavy (non-hydrogen) atoms. The Morgan fingerprint density at radius 3 is 2.75 bits per heavy atom. The Morgan fingerprint density at radius 1 is 1.75 bits per heavy atom. The maximum Gasteiger partial charge on any atom is 0.217 e. The molecule has 0 N–H and O–H groups in total. The van der Waals surface area contributed by atoms with Gasteiger partial charge in [0.1, 0.15) is 0 Å². The molecule has 2 heteroatoms. The van der Waals surface area contributed by atoms with Gasteiger partial charge in [-0.2, -0.15) is 0 Å². The Kier molecular flexibility index (Phi) is 5.08.